The monoisotopic (exact) mass is 262 g/mol. The highest BCUT2D eigenvalue weighted by molar-refractivity contribution is 7.75. The first-order valence-electron chi connectivity index (χ1n) is 5.36. The molecule has 1 atom stereocenters. The quantitative estimate of drug-likeness (QED) is 0.732. The van der Waals surface area contributed by atoms with Crippen molar-refractivity contribution in [3.8, 4) is 0 Å². The fourth-order valence-corrected chi connectivity index (χ4v) is 2.56. The number of hydrogen-bond acceptors (Lipinski definition) is 4. The number of carbonyl (C=O) groups excluding carboxylic acids is 2. The minimum Gasteiger partial charge on any atom is -0.294 e. The summed E-state index contributed by atoms with van der Waals surface area (Å²) in [6, 6.07) is 9.01. The Bertz CT molecular complexity index is 645. The van der Waals surface area contributed by atoms with Gasteiger partial charge in [0.25, 0.3) is 0 Å². The van der Waals surface area contributed by atoms with E-state index in [1.807, 2.05) is 6.07 Å². The third-order valence-electron chi connectivity index (χ3n) is 2.76. The van der Waals surface area contributed by atoms with Gasteiger partial charge in [0, 0.05) is 0 Å². The van der Waals surface area contributed by atoms with E-state index in [9.17, 15) is 18.0 Å². The molecule has 2 rings (SSSR count). The van der Waals surface area contributed by atoms with Gasteiger partial charge in [0.1, 0.15) is 4.86 Å². The van der Waals surface area contributed by atoms with Gasteiger partial charge in [-0.2, -0.15) is 8.42 Å². The molecule has 5 heteroatoms. The van der Waals surface area contributed by atoms with Crippen molar-refractivity contribution >= 4 is 26.7 Å². The standard InChI is InChI=1S/C13H10O4S/c14-11-6-7-12(15)13(18(16)17)10(11)8-9-4-2-1-3-5-9/h1-7,10H,8H2. The SMILES string of the molecule is O=C1C=CC(=O)C(Cc2ccccc2)C1=S(=O)=O. The van der Waals surface area contributed by atoms with E-state index in [0.29, 0.717) is 0 Å². The average Bonchev–Trinajstić information content (AvgIpc) is 2.35. The van der Waals surface area contributed by atoms with Gasteiger partial charge in [-0.3, -0.25) is 9.59 Å². The normalized spacial score (nSPS) is 19.1. The summed E-state index contributed by atoms with van der Waals surface area (Å²) in [5, 5.41) is 0. The van der Waals surface area contributed by atoms with E-state index < -0.39 is 22.0 Å². The molecule has 0 radical (unpaired) electrons. The maximum Gasteiger partial charge on any atom is 0.222 e. The number of ketones is 2. The molecule has 0 N–H and O–H groups in total. The van der Waals surface area contributed by atoms with Crippen LogP contribution in [0.25, 0.3) is 0 Å². The molecule has 0 aliphatic heterocycles. The van der Waals surface area contributed by atoms with E-state index in [4.69, 9.17) is 0 Å². The van der Waals surface area contributed by atoms with E-state index >= 15 is 0 Å². The molecule has 18 heavy (non-hydrogen) atoms. The van der Waals surface area contributed by atoms with Crippen LogP contribution in [0.2, 0.25) is 0 Å². The Hall–Kier alpha value is -2.01. The molecule has 0 amide bonds. The number of carbonyl (C=O) groups is 2. The Morgan fingerprint density at radius 1 is 1.00 bits per heavy atom. The minimum absolute atomic E-state index is 0.221. The van der Waals surface area contributed by atoms with Gasteiger partial charge in [-0.25, -0.2) is 0 Å². The van der Waals surface area contributed by atoms with E-state index in [-0.39, 0.29) is 17.1 Å². The second kappa shape index (κ2) is 5.10. The van der Waals surface area contributed by atoms with Crippen molar-refractivity contribution in [2.24, 2.45) is 5.92 Å². The van der Waals surface area contributed by atoms with Crippen LogP contribution < -0.4 is 0 Å². The zero-order valence-electron chi connectivity index (χ0n) is 9.37. The van der Waals surface area contributed by atoms with E-state index in [1.54, 1.807) is 24.3 Å². The summed E-state index contributed by atoms with van der Waals surface area (Å²) in [6.45, 7) is 0. The number of hydrogen-bond donors (Lipinski definition) is 0. The summed E-state index contributed by atoms with van der Waals surface area (Å²) in [5.74, 6) is -1.86. The van der Waals surface area contributed by atoms with E-state index in [1.165, 1.54) is 0 Å². The molecule has 0 spiro atoms. The average molecular weight is 262 g/mol. The van der Waals surface area contributed by atoms with Crippen LogP contribution in [-0.4, -0.2) is 24.8 Å². The summed E-state index contributed by atoms with van der Waals surface area (Å²) >= 11 is 0. The summed E-state index contributed by atoms with van der Waals surface area (Å²) < 4.78 is 22.1. The molecule has 1 aromatic rings. The lowest BCUT2D eigenvalue weighted by Gasteiger charge is -2.16. The summed E-state index contributed by atoms with van der Waals surface area (Å²) in [7, 11) is -2.66. The lowest BCUT2D eigenvalue weighted by atomic mass is 9.87. The van der Waals surface area contributed by atoms with Crippen molar-refractivity contribution in [2.45, 2.75) is 6.42 Å². The van der Waals surface area contributed by atoms with Crippen LogP contribution in [0.15, 0.2) is 42.5 Å². The zero-order chi connectivity index (χ0) is 13.1. The van der Waals surface area contributed by atoms with Gasteiger partial charge in [-0.15, -0.1) is 0 Å². The van der Waals surface area contributed by atoms with Crippen molar-refractivity contribution in [1.29, 1.82) is 0 Å². The first-order valence-corrected chi connectivity index (χ1v) is 6.43. The molecule has 0 saturated heterocycles. The molecule has 4 nitrogen and oxygen atoms in total. The summed E-state index contributed by atoms with van der Waals surface area (Å²) in [6.07, 6.45) is 2.38. The van der Waals surface area contributed by atoms with E-state index in [0.717, 1.165) is 17.7 Å². The third kappa shape index (κ3) is 2.46. The fourth-order valence-electron chi connectivity index (χ4n) is 1.90. The third-order valence-corrected chi connectivity index (χ3v) is 3.61. The molecule has 1 aliphatic rings. The largest absolute Gasteiger partial charge is 0.294 e. The Kier molecular flexibility index (Phi) is 3.53. The highest BCUT2D eigenvalue weighted by atomic mass is 32.2. The smallest absolute Gasteiger partial charge is 0.222 e. The molecule has 1 unspecified atom stereocenters. The number of benzene rings is 1. The lowest BCUT2D eigenvalue weighted by Crippen LogP contribution is -2.34. The van der Waals surface area contributed by atoms with Gasteiger partial charge in [-0.05, 0) is 24.1 Å². The van der Waals surface area contributed by atoms with Crippen LogP contribution in [-0.2, 0) is 26.3 Å². The van der Waals surface area contributed by atoms with Crippen LogP contribution in [0.4, 0.5) is 0 Å². The van der Waals surface area contributed by atoms with Gasteiger partial charge in [0.05, 0.1) is 5.92 Å². The first kappa shape index (κ1) is 12.4. The Morgan fingerprint density at radius 3 is 2.28 bits per heavy atom. The minimum atomic E-state index is -2.66. The van der Waals surface area contributed by atoms with Crippen molar-refractivity contribution in [3.63, 3.8) is 0 Å². The van der Waals surface area contributed by atoms with Crippen LogP contribution in [0.1, 0.15) is 5.56 Å². The molecule has 1 aromatic carbocycles. The molecule has 0 bridgehead atoms. The van der Waals surface area contributed by atoms with Crippen molar-refractivity contribution < 1.29 is 18.0 Å². The van der Waals surface area contributed by atoms with Gasteiger partial charge < -0.3 is 0 Å². The molecule has 0 saturated carbocycles. The Labute approximate surface area is 105 Å². The molecule has 0 aromatic heterocycles. The molecular formula is C13H10O4S. The fraction of sp³-hybridized carbons (Fsp3) is 0.154. The van der Waals surface area contributed by atoms with Crippen molar-refractivity contribution in [3.05, 3.63) is 48.0 Å². The molecule has 92 valence electrons. The van der Waals surface area contributed by atoms with Gasteiger partial charge in [0.2, 0.25) is 10.3 Å². The molecule has 0 fully saturated rings. The molecular weight excluding hydrogens is 252 g/mol. The van der Waals surface area contributed by atoms with E-state index in [2.05, 4.69) is 0 Å². The lowest BCUT2D eigenvalue weighted by molar-refractivity contribution is -0.118. The molecule has 0 heterocycles. The summed E-state index contributed by atoms with van der Waals surface area (Å²) in [4.78, 5) is 22.9. The van der Waals surface area contributed by atoms with Crippen LogP contribution in [0.3, 0.4) is 0 Å². The van der Waals surface area contributed by atoms with Gasteiger partial charge >= 0.3 is 0 Å². The predicted octanol–water partition coefficient (Wildman–Crippen LogP) is 0.605. The van der Waals surface area contributed by atoms with Crippen molar-refractivity contribution in [2.75, 3.05) is 0 Å². The highest BCUT2D eigenvalue weighted by Crippen LogP contribution is 2.16. The van der Waals surface area contributed by atoms with Crippen molar-refractivity contribution in [1.82, 2.24) is 0 Å². The van der Waals surface area contributed by atoms with Gasteiger partial charge in [0.15, 0.2) is 11.6 Å². The second-order valence-electron chi connectivity index (χ2n) is 3.94. The highest BCUT2D eigenvalue weighted by Gasteiger charge is 2.31. The molecule has 1 aliphatic carbocycles. The first-order chi connectivity index (χ1) is 8.59. The number of allylic oxidation sites excluding steroid dienone is 2. The maximum absolute atomic E-state index is 11.7. The van der Waals surface area contributed by atoms with Gasteiger partial charge in [-0.1, -0.05) is 30.3 Å². The second-order valence-corrected chi connectivity index (χ2v) is 4.85. The Balaban J connectivity index is 2.42. The Morgan fingerprint density at radius 2 is 1.67 bits per heavy atom. The number of rotatable bonds is 2. The van der Waals surface area contributed by atoms with Crippen LogP contribution in [0, 0.1) is 5.92 Å². The zero-order valence-corrected chi connectivity index (χ0v) is 10.2. The maximum atomic E-state index is 11.7. The van der Waals surface area contributed by atoms with Crippen LogP contribution in [0.5, 0.6) is 0 Å². The topological polar surface area (TPSA) is 68.3 Å². The predicted molar refractivity (Wildman–Crippen MR) is 66.7 cm³/mol. The summed E-state index contributed by atoms with van der Waals surface area (Å²) in [5.41, 5.74) is 0.821. The van der Waals surface area contributed by atoms with Crippen LogP contribution >= 0.6 is 0 Å².